The van der Waals surface area contributed by atoms with E-state index in [0.29, 0.717) is 6.04 Å². The minimum Gasteiger partial charge on any atom is -0.301 e. The molecule has 0 fully saturated rings. The van der Waals surface area contributed by atoms with Crippen molar-refractivity contribution in [2.24, 2.45) is 0 Å². The molecule has 0 aliphatic heterocycles. The number of aromatic nitrogens is 1. The molecule has 0 spiro atoms. The van der Waals surface area contributed by atoms with Crippen LogP contribution in [0.5, 0.6) is 0 Å². The van der Waals surface area contributed by atoms with Crippen molar-refractivity contribution < 1.29 is 0 Å². The lowest BCUT2D eigenvalue weighted by Gasteiger charge is -2.21. The maximum Gasteiger partial charge on any atom is 0.109 e. The normalized spacial score (nSPS) is 14.4. The number of halogens is 1. The topological polar surface area (TPSA) is 24.9 Å². The summed E-state index contributed by atoms with van der Waals surface area (Å²) in [5, 5.41) is 7.52. The highest BCUT2D eigenvalue weighted by atomic mass is 35.5. The smallest absolute Gasteiger partial charge is 0.109 e. The zero-order valence-electron chi connectivity index (χ0n) is 10.6. The summed E-state index contributed by atoms with van der Waals surface area (Å²) >= 11 is 7.73. The van der Waals surface area contributed by atoms with Crippen LogP contribution < -0.4 is 5.32 Å². The van der Waals surface area contributed by atoms with Gasteiger partial charge in [-0.05, 0) is 31.0 Å². The van der Waals surface area contributed by atoms with E-state index < -0.39 is 0 Å². The molecule has 1 aromatic carbocycles. The standard InChI is InChI=1S/C14H17ClN2S/c1-3-13(11-5-4-6-12(15)9-11)17-10(2)14-16-7-8-18-14/h4-10,13,17H,3H2,1-2H3. The maximum atomic E-state index is 6.04. The van der Waals surface area contributed by atoms with Crippen LogP contribution in [0.25, 0.3) is 0 Å². The second-order valence-corrected chi connectivity index (χ2v) is 5.64. The summed E-state index contributed by atoms with van der Waals surface area (Å²) in [6.45, 7) is 4.32. The van der Waals surface area contributed by atoms with Crippen molar-refractivity contribution in [3.05, 3.63) is 51.4 Å². The molecule has 0 saturated heterocycles. The van der Waals surface area contributed by atoms with E-state index in [0.717, 1.165) is 16.5 Å². The van der Waals surface area contributed by atoms with Gasteiger partial charge in [0.15, 0.2) is 0 Å². The van der Waals surface area contributed by atoms with Crippen LogP contribution in [0.2, 0.25) is 5.02 Å². The van der Waals surface area contributed by atoms with Crippen LogP contribution in [-0.2, 0) is 0 Å². The van der Waals surface area contributed by atoms with E-state index in [1.807, 2.05) is 29.8 Å². The van der Waals surface area contributed by atoms with E-state index in [1.165, 1.54) is 5.56 Å². The molecular formula is C14H17ClN2S. The second kappa shape index (κ2) is 6.32. The van der Waals surface area contributed by atoms with Gasteiger partial charge >= 0.3 is 0 Å². The van der Waals surface area contributed by atoms with Gasteiger partial charge in [0, 0.05) is 22.6 Å². The molecule has 1 heterocycles. The summed E-state index contributed by atoms with van der Waals surface area (Å²) in [6, 6.07) is 8.60. The van der Waals surface area contributed by atoms with E-state index in [-0.39, 0.29) is 6.04 Å². The largest absolute Gasteiger partial charge is 0.301 e. The van der Waals surface area contributed by atoms with E-state index in [9.17, 15) is 0 Å². The molecule has 18 heavy (non-hydrogen) atoms. The van der Waals surface area contributed by atoms with E-state index >= 15 is 0 Å². The van der Waals surface area contributed by atoms with Crippen molar-refractivity contribution in [2.45, 2.75) is 32.4 Å². The monoisotopic (exact) mass is 280 g/mol. The number of benzene rings is 1. The number of thiazole rings is 1. The Bertz CT molecular complexity index is 484. The Morgan fingerprint density at radius 2 is 2.28 bits per heavy atom. The van der Waals surface area contributed by atoms with Crippen LogP contribution in [0.1, 0.15) is 42.9 Å². The zero-order chi connectivity index (χ0) is 13.0. The van der Waals surface area contributed by atoms with Crippen molar-refractivity contribution in [1.29, 1.82) is 0 Å². The molecule has 0 saturated carbocycles. The lowest BCUT2D eigenvalue weighted by Crippen LogP contribution is -2.24. The highest BCUT2D eigenvalue weighted by molar-refractivity contribution is 7.09. The van der Waals surface area contributed by atoms with Crippen LogP contribution in [0.3, 0.4) is 0 Å². The third-order valence-corrected chi connectivity index (χ3v) is 4.13. The maximum absolute atomic E-state index is 6.04. The lowest BCUT2D eigenvalue weighted by molar-refractivity contribution is 0.455. The van der Waals surface area contributed by atoms with Crippen molar-refractivity contribution in [3.8, 4) is 0 Å². The molecule has 0 bridgehead atoms. The molecule has 0 radical (unpaired) electrons. The van der Waals surface area contributed by atoms with Crippen LogP contribution in [-0.4, -0.2) is 4.98 Å². The van der Waals surface area contributed by atoms with Gasteiger partial charge < -0.3 is 5.32 Å². The first kappa shape index (κ1) is 13.5. The van der Waals surface area contributed by atoms with Gasteiger partial charge in [0.1, 0.15) is 5.01 Å². The third kappa shape index (κ3) is 3.31. The fraction of sp³-hybridized carbons (Fsp3) is 0.357. The Balaban J connectivity index is 2.10. The van der Waals surface area contributed by atoms with Gasteiger partial charge in [-0.3, -0.25) is 0 Å². The van der Waals surface area contributed by atoms with Gasteiger partial charge in [0.2, 0.25) is 0 Å². The van der Waals surface area contributed by atoms with E-state index in [2.05, 4.69) is 30.2 Å². The van der Waals surface area contributed by atoms with Gasteiger partial charge in [-0.15, -0.1) is 11.3 Å². The van der Waals surface area contributed by atoms with Crippen molar-refractivity contribution in [3.63, 3.8) is 0 Å². The molecule has 2 rings (SSSR count). The third-order valence-electron chi connectivity index (χ3n) is 2.93. The summed E-state index contributed by atoms with van der Waals surface area (Å²) in [5.41, 5.74) is 1.23. The van der Waals surface area contributed by atoms with Crippen LogP contribution >= 0.6 is 22.9 Å². The fourth-order valence-corrected chi connectivity index (χ4v) is 2.85. The van der Waals surface area contributed by atoms with E-state index in [4.69, 9.17) is 11.6 Å². The second-order valence-electron chi connectivity index (χ2n) is 4.27. The molecule has 96 valence electrons. The van der Waals surface area contributed by atoms with Gasteiger partial charge in [0.05, 0.1) is 6.04 Å². The van der Waals surface area contributed by atoms with Gasteiger partial charge in [0.25, 0.3) is 0 Å². The molecule has 0 amide bonds. The highest BCUT2D eigenvalue weighted by Crippen LogP contribution is 2.24. The molecule has 1 N–H and O–H groups in total. The quantitative estimate of drug-likeness (QED) is 0.866. The molecule has 2 unspecified atom stereocenters. The molecular weight excluding hydrogens is 264 g/mol. The fourth-order valence-electron chi connectivity index (χ4n) is 1.99. The van der Waals surface area contributed by atoms with E-state index in [1.54, 1.807) is 11.3 Å². The van der Waals surface area contributed by atoms with Crippen molar-refractivity contribution in [2.75, 3.05) is 0 Å². The highest BCUT2D eigenvalue weighted by Gasteiger charge is 2.15. The first-order valence-corrected chi connectivity index (χ1v) is 7.37. The minimum absolute atomic E-state index is 0.258. The minimum atomic E-state index is 0.258. The number of hydrogen-bond acceptors (Lipinski definition) is 3. The summed E-state index contributed by atoms with van der Waals surface area (Å²) in [4.78, 5) is 4.34. The Hall–Kier alpha value is -0.900. The first-order valence-electron chi connectivity index (χ1n) is 6.11. The number of hydrogen-bond donors (Lipinski definition) is 1. The van der Waals surface area contributed by atoms with Crippen LogP contribution in [0.15, 0.2) is 35.8 Å². The summed E-state index contributed by atoms with van der Waals surface area (Å²) in [7, 11) is 0. The van der Waals surface area contributed by atoms with Gasteiger partial charge in [-0.2, -0.15) is 0 Å². The molecule has 2 aromatic rings. The van der Waals surface area contributed by atoms with Crippen molar-refractivity contribution in [1.82, 2.24) is 10.3 Å². The Labute approximate surface area is 117 Å². The van der Waals surface area contributed by atoms with Crippen LogP contribution in [0, 0.1) is 0 Å². The number of nitrogens with zero attached hydrogens (tertiary/aromatic N) is 1. The average molecular weight is 281 g/mol. The predicted octanol–water partition coefficient (Wildman–Crippen LogP) is 4.60. The number of nitrogens with one attached hydrogen (secondary N) is 1. The molecule has 0 aliphatic carbocycles. The molecule has 1 aromatic heterocycles. The average Bonchev–Trinajstić information content (AvgIpc) is 2.89. The Kier molecular flexibility index (Phi) is 4.75. The summed E-state index contributed by atoms with van der Waals surface area (Å²) < 4.78 is 0. The number of rotatable bonds is 5. The van der Waals surface area contributed by atoms with Gasteiger partial charge in [-0.1, -0.05) is 30.7 Å². The first-order chi connectivity index (χ1) is 8.70. The lowest BCUT2D eigenvalue weighted by atomic mass is 10.0. The zero-order valence-corrected chi connectivity index (χ0v) is 12.1. The Morgan fingerprint density at radius 3 is 2.89 bits per heavy atom. The van der Waals surface area contributed by atoms with Crippen molar-refractivity contribution >= 4 is 22.9 Å². The molecule has 4 heteroatoms. The van der Waals surface area contributed by atoms with Gasteiger partial charge in [-0.25, -0.2) is 4.98 Å². The molecule has 2 atom stereocenters. The molecule has 0 aliphatic rings. The van der Waals surface area contributed by atoms with Crippen LogP contribution in [0.4, 0.5) is 0 Å². The summed E-state index contributed by atoms with van der Waals surface area (Å²) in [6.07, 6.45) is 2.87. The molecule has 2 nitrogen and oxygen atoms in total. The predicted molar refractivity (Wildman–Crippen MR) is 78.1 cm³/mol. The Morgan fingerprint density at radius 1 is 1.44 bits per heavy atom. The summed E-state index contributed by atoms with van der Waals surface area (Å²) in [5.74, 6) is 0. The SMILES string of the molecule is CCC(NC(C)c1nccs1)c1cccc(Cl)c1.